The van der Waals surface area contributed by atoms with Gasteiger partial charge in [0.2, 0.25) is 0 Å². The molecule has 7 nitrogen and oxygen atoms in total. The van der Waals surface area contributed by atoms with E-state index in [0.29, 0.717) is 6.54 Å². The first kappa shape index (κ1) is 16.4. The number of hydrogen-bond acceptors (Lipinski definition) is 6. The van der Waals surface area contributed by atoms with Crippen molar-refractivity contribution in [2.45, 2.75) is 25.8 Å². The van der Waals surface area contributed by atoms with Crippen LogP contribution in [0.1, 0.15) is 34.6 Å². The lowest BCUT2D eigenvalue weighted by Crippen LogP contribution is -2.46. The first-order valence-corrected chi connectivity index (χ1v) is 6.91. The number of aromatic carboxylic acids is 1. The molecule has 7 heteroatoms. The first-order valence-electron chi connectivity index (χ1n) is 6.91. The summed E-state index contributed by atoms with van der Waals surface area (Å²) in [6.45, 7) is 4.12. The van der Waals surface area contributed by atoms with E-state index >= 15 is 0 Å². The molecule has 22 heavy (non-hydrogen) atoms. The van der Waals surface area contributed by atoms with Gasteiger partial charge in [-0.1, -0.05) is 0 Å². The lowest BCUT2D eigenvalue weighted by Gasteiger charge is -2.32. The van der Waals surface area contributed by atoms with Crippen LogP contribution in [0.2, 0.25) is 0 Å². The van der Waals surface area contributed by atoms with Crippen LogP contribution >= 0.6 is 0 Å². The van der Waals surface area contributed by atoms with Crippen molar-refractivity contribution in [3.8, 4) is 0 Å². The van der Waals surface area contributed by atoms with E-state index in [1.54, 1.807) is 4.90 Å². The fraction of sp³-hybridized carbons (Fsp3) is 0.467. The predicted octanol–water partition coefficient (Wildman–Crippen LogP) is 0.928. The molecule has 0 aromatic heterocycles. The van der Waals surface area contributed by atoms with Gasteiger partial charge >= 0.3 is 11.9 Å². The molecule has 0 saturated carbocycles. The zero-order chi connectivity index (χ0) is 16.3. The highest BCUT2D eigenvalue weighted by atomic mass is 16.6. The molecule has 0 radical (unpaired) electrons. The Kier molecular flexibility index (Phi) is 4.80. The summed E-state index contributed by atoms with van der Waals surface area (Å²) in [6, 6.07) is 5.51. The third kappa shape index (κ3) is 3.44. The summed E-state index contributed by atoms with van der Waals surface area (Å²) in [5.74, 6) is -1.62. The summed E-state index contributed by atoms with van der Waals surface area (Å²) >= 11 is 0. The van der Waals surface area contributed by atoms with Crippen molar-refractivity contribution in [1.82, 2.24) is 4.90 Å². The van der Waals surface area contributed by atoms with Gasteiger partial charge in [-0.3, -0.25) is 0 Å². The summed E-state index contributed by atoms with van der Waals surface area (Å²) in [5, 5.41) is 17.9. The zero-order valence-electron chi connectivity index (χ0n) is 12.5. The van der Waals surface area contributed by atoms with Crippen molar-refractivity contribution < 1.29 is 29.3 Å². The van der Waals surface area contributed by atoms with Crippen LogP contribution in [0.15, 0.2) is 24.3 Å². The number of β-amino-alcohol motifs (C(OH)–C–C–N with tert-alkyl or cyclic N) is 1. The number of carboxylic acids is 1. The predicted molar refractivity (Wildman–Crippen MR) is 76.4 cm³/mol. The van der Waals surface area contributed by atoms with Crippen LogP contribution < -0.4 is 0 Å². The van der Waals surface area contributed by atoms with Crippen molar-refractivity contribution in [3.05, 3.63) is 35.4 Å². The number of nitrogens with zero attached hydrogens (tertiary/aromatic N) is 1. The zero-order valence-corrected chi connectivity index (χ0v) is 12.5. The Balaban J connectivity index is 2.06. The van der Waals surface area contributed by atoms with Gasteiger partial charge in [-0.15, -0.1) is 0 Å². The molecule has 0 bridgehead atoms. The molecule has 1 aromatic carbocycles. The first-order chi connectivity index (χ1) is 10.3. The number of rotatable bonds is 5. The smallest absolute Gasteiger partial charge is 0.339 e. The molecule has 1 heterocycles. The molecule has 1 unspecified atom stereocenters. The van der Waals surface area contributed by atoms with Crippen LogP contribution in [0.4, 0.5) is 0 Å². The minimum Gasteiger partial charge on any atom is -0.478 e. The monoisotopic (exact) mass is 309 g/mol. The number of carboxylic acid groups (broad SMARTS) is 1. The van der Waals surface area contributed by atoms with E-state index in [0.717, 1.165) is 0 Å². The van der Waals surface area contributed by atoms with E-state index in [1.807, 2.05) is 13.8 Å². The Hall–Kier alpha value is -1.96. The molecular weight excluding hydrogens is 290 g/mol. The van der Waals surface area contributed by atoms with Gasteiger partial charge < -0.3 is 19.7 Å². The van der Waals surface area contributed by atoms with Crippen LogP contribution in [0.25, 0.3) is 0 Å². The van der Waals surface area contributed by atoms with Crippen LogP contribution in [-0.4, -0.2) is 58.8 Å². The molecule has 1 atom stereocenters. The Morgan fingerprint density at radius 3 is 2.45 bits per heavy atom. The third-order valence-electron chi connectivity index (χ3n) is 3.57. The Bertz CT molecular complexity index is 554. The van der Waals surface area contributed by atoms with E-state index < -0.39 is 23.9 Å². The Labute approximate surface area is 128 Å². The molecule has 2 rings (SSSR count). The van der Waals surface area contributed by atoms with Crippen molar-refractivity contribution in [2.24, 2.45) is 0 Å². The van der Waals surface area contributed by atoms with Crippen molar-refractivity contribution in [2.75, 3.05) is 19.8 Å². The SMILES string of the molecule is CC1(C)OCC(OC(=O)c2ccc(C(=O)O)cc2)N1CCO. The topological polar surface area (TPSA) is 96.3 Å². The molecule has 0 amide bonds. The second kappa shape index (κ2) is 6.43. The van der Waals surface area contributed by atoms with Crippen LogP contribution in [0.3, 0.4) is 0 Å². The quantitative estimate of drug-likeness (QED) is 0.781. The van der Waals surface area contributed by atoms with Crippen molar-refractivity contribution >= 4 is 11.9 Å². The number of aliphatic hydroxyl groups is 1. The number of benzene rings is 1. The van der Waals surface area contributed by atoms with Gasteiger partial charge in [-0.25, -0.2) is 14.5 Å². The van der Waals surface area contributed by atoms with Gasteiger partial charge in [-0.05, 0) is 38.1 Å². The third-order valence-corrected chi connectivity index (χ3v) is 3.57. The molecule has 1 aliphatic rings. The number of esters is 1. The number of ether oxygens (including phenoxy) is 2. The second-order valence-electron chi connectivity index (χ2n) is 5.42. The molecule has 2 N–H and O–H groups in total. The second-order valence-corrected chi connectivity index (χ2v) is 5.42. The van der Waals surface area contributed by atoms with Crippen LogP contribution in [-0.2, 0) is 9.47 Å². The van der Waals surface area contributed by atoms with Crippen molar-refractivity contribution in [1.29, 1.82) is 0 Å². The minimum absolute atomic E-state index is 0.0752. The maximum Gasteiger partial charge on any atom is 0.339 e. The maximum absolute atomic E-state index is 12.1. The number of hydrogen-bond donors (Lipinski definition) is 2. The summed E-state index contributed by atoms with van der Waals surface area (Å²) in [6.07, 6.45) is -0.589. The van der Waals surface area contributed by atoms with Gasteiger partial charge in [0.05, 0.1) is 17.7 Å². The molecule has 1 saturated heterocycles. The van der Waals surface area contributed by atoms with E-state index in [4.69, 9.17) is 19.7 Å². The molecule has 0 aliphatic carbocycles. The van der Waals surface area contributed by atoms with Gasteiger partial charge in [0, 0.05) is 6.54 Å². The molecular formula is C15H19NO6. The standard InChI is InChI=1S/C15H19NO6/c1-15(2)16(7-8-17)12(9-21-15)22-14(20)11-5-3-10(4-6-11)13(18)19/h3-6,12,17H,7-9H2,1-2H3,(H,18,19). The minimum atomic E-state index is -1.06. The normalized spacial score (nSPS) is 20.8. The highest BCUT2D eigenvalue weighted by molar-refractivity contribution is 5.92. The number of aliphatic hydroxyl groups excluding tert-OH is 1. The highest BCUT2D eigenvalue weighted by Gasteiger charge is 2.42. The fourth-order valence-electron chi connectivity index (χ4n) is 2.35. The largest absolute Gasteiger partial charge is 0.478 e. The summed E-state index contributed by atoms with van der Waals surface area (Å²) in [7, 11) is 0. The summed E-state index contributed by atoms with van der Waals surface area (Å²) < 4.78 is 11.0. The van der Waals surface area contributed by atoms with E-state index in [9.17, 15) is 9.59 Å². The molecule has 1 aliphatic heterocycles. The fourth-order valence-corrected chi connectivity index (χ4v) is 2.35. The Morgan fingerprint density at radius 1 is 1.32 bits per heavy atom. The van der Waals surface area contributed by atoms with Gasteiger partial charge in [-0.2, -0.15) is 0 Å². The molecule has 0 spiro atoms. The lowest BCUT2D eigenvalue weighted by atomic mass is 10.1. The average molecular weight is 309 g/mol. The van der Waals surface area contributed by atoms with Gasteiger partial charge in [0.15, 0.2) is 6.23 Å². The lowest BCUT2D eigenvalue weighted by molar-refractivity contribution is -0.0798. The van der Waals surface area contributed by atoms with Gasteiger partial charge in [0.25, 0.3) is 0 Å². The van der Waals surface area contributed by atoms with E-state index in [2.05, 4.69) is 0 Å². The molecule has 1 fully saturated rings. The van der Waals surface area contributed by atoms with E-state index in [-0.39, 0.29) is 24.3 Å². The summed E-state index contributed by atoms with van der Waals surface area (Å²) in [5.41, 5.74) is -0.261. The van der Waals surface area contributed by atoms with Crippen LogP contribution in [0.5, 0.6) is 0 Å². The van der Waals surface area contributed by atoms with E-state index in [1.165, 1.54) is 24.3 Å². The van der Waals surface area contributed by atoms with Crippen LogP contribution in [0, 0.1) is 0 Å². The molecule has 120 valence electrons. The van der Waals surface area contributed by atoms with Gasteiger partial charge in [0.1, 0.15) is 12.3 Å². The van der Waals surface area contributed by atoms with Crippen molar-refractivity contribution in [3.63, 3.8) is 0 Å². The molecule has 1 aromatic rings. The average Bonchev–Trinajstić information content (AvgIpc) is 2.75. The maximum atomic E-state index is 12.1. The number of carbonyl (C=O) groups excluding carboxylic acids is 1. The highest BCUT2D eigenvalue weighted by Crippen LogP contribution is 2.27. The number of carbonyl (C=O) groups is 2. The Morgan fingerprint density at radius 2 is 1.91 bits per heavy atom. The summed E-state index contributed by atoms with van der Waals surface area (Å²) in [4.78, 5) is 24.7.